The minimum Gasteiger partial charge on any atom is -0.370 e. The lowest BCUT2D eigenvalue weighted by molar-refractivity contribution is 0.0994. The second-order valence-electron chi connectivity index (χ2n) is 6.04. The van der Waals surface area contributed by atoms with Gasteiger partial charge in [0.1, 0.15) is 5.82 Å². The van der Waals surface area contributed by atoms with E-state index in [0.717, 1.165) is 31.4 Å². The molecule has 0 spiro atoms. The average Bonchev–Trinajstić information content (AvgIpc) is 2.93. The van der Waals surface area contributed by atoms with Crippen molar-refractivity contribution in [3.63, 3.8) is 0 Å². The molecule has 110 valence electrons. The first-order chi connectivity index (χ1) is 9.85. The van der Waals surface area contributed by atoms with E-state index in [2.05, 4.69) is 39.2 Å². The van der Waals surface area contributed by atoms with Crippen molar-refractivity contribution < 1.29 is 0 Å². The molecule has 0 amide bonds. The topological polar surface area (TPSA) is 31.4 Å². The number of aromatic nitrogens is 1. The van der Waals surface area contributed by atoms with Crippen molar-refractivity contribution in [2.75, 3.05) is 38.0 Å². The molecule has 1 N–H and O–H groups in total. The van der Waals surface area contributed by atoms with Gasteiger partial charge >= 0.3 is 0 Å². The van der Waals surface area contributed by atoms with Crippen molar-refractivity contribution in [1.29, 1.82) is 0 Å². The van der Waals surface area contributed by atoms with E-state index in [9.17, 15) is 0 Å². The predicted molar refractivity (Wildman–Crippen MR) is 82.9 cm³/mol. The van der Waals surface area contributed by atoms with Crippen LogP contribution in [0.1, 0.15) is 31.7 Å². The Hall–Kier alpha value is -1.13. The van der Waals surface area contributed by atoms with Crippen LogP contribution in [0.2, 0.25) is 0 Å². The van der Waals surface area contributed by atoms with Gasteiger partial charge in [0.2, 0.25) is 0 Å². The lowest BCUT2D eigenvalue weighted by atomic mass is 10.1. The Morgan fingerprint density at radius 2 is 2.30 bits per heavy atom. The number of pyridine rings is 1. The summed E-state index contributed by atoms with van der Waals surface area (Å²) in [7, 11) is 0. The first kappa shape index (κ1) is 13.8. The summed E-state index contributed by atoms with van der Waals surface area (Å²) in [5.41, 5.74) is 1.38. The molecule has 1 aromatic heterocycles. The quantitative estimate of drug-likeness (QED) is 0.892. The Labute approximate surface area is 122 Å². The standard InChI is InChI=1S/C16H26N4/c1-2-6-17-16-11-14(5-7-18-16)12-19-9-10-20-8-3-4-15(20)13-19/h5,7,11,15H,2-4,6,8-10,12-13H2,1H3,(H,17,18). The highest BCUT2D eigenvalue weighted by Crippen LogP contribution is 2.22. The summed E-state index contributed by atoms with van der Waals surface area (Å²) < 4.78 is 0. The van der Waals surface area contributed by atoms with Crippen molar-refractivity contribution in [2.24, 2.45) is 0 Å². The van der Waals surface area contributed by atoms with Crippen LogP contribution in [-0.2, 0) is 6.54 Å². The number of hydrogen-bond acceptors (Lipinski definition) is 4. The summed E-state index contributed by atoms with van der Waals surface area (Å²) in [5, 5.41) is 3.37. The molecule has 4 heteroatoms. The third-order valence-corrected chi connectivity index (χ3v) is 4.46. The van der Waals surface area contributed by atoms with Crippen molar-refractivity contribution in [3.8, 4) is 0 Å². The number of nitrogens with one attached hydrogen (secondary N) is 1. The Kier molecular flexibility index (Phi) is 4.53. The van der Waals surface area contributed by atoms with E-state index >= 15 is 0 Å². The number of hydrogen-bond donors (Lipinski definition) is 1. The Morgan fingerprint density at radius 3 is 3.20 bits per heavy atom. The van der Waals surface area contributed by atoms with Crippen LogP contribution in [0.4, 0.5) is 5.82 Å². The van der Waals surface area contributed by atoms with E-state index in [1.165, 1.54) is 44.6 Å². The van der Waals surface area contributed by atoms with Crippen LogP contribution in [0.25, 0.3) is 0 Å². The molecule has 20 heavy (non-hydrogen) atoms. The predicted octanol–water partition coefficient (Wildman–Crippen LogP) is 2.18. The molecule has 0 aromatic carbocycles. The first-order valence-corrected chi connectivity index (χ1v) is 8.00. The van der Waals surface area contributed by atoms with Gasteiger partial charge in [0.15, 0.2) is 0 Å². The van der Waals surface area contributed by atoms with Gasteiger partial charge in [0.25, 0.3) is 0 Å². The van der Waals surface area contributed by atoms with E-state index in [0.29, 0.717) is 0 Å². The van der Waals surface area contributed by atoms with Gasteiger partial charge in [-0.3, -0.25) is 9.80 Å². The van der Waals surface area contributed by atoms with E-state index in [1.807, 2.05) is 6.20 Å². The second kappa shape index (κ2) is 6.55. The lowest BCUT2D eigenvalue weighted by Gasteiger charge is -2.37. The number of rotatable bonds is 5. The largest absolute Gasteiger partial charge is 0.370 e. The normalized spacial score (nSPS) is 23.8. The minimum absolute atomic E-state index is 0.809. The van der Waals surface area contributed by atoms with Crippen LogP contribution >= 0.6 is 0 Å². The fraction of sp³-hybridized carbons (Fsp3) is 0.688. The van der Waals surface area contributed by atoms with Gasteiger partial charge in [-0.1, -0.05) is 6.92 Å². The zero-order valence-electron chi connectivity index (χ0n) is 12.5. The van der Waals surface area contributed by atoms with E-state index in [4.69, 9.17) is 0 Å². The highest BCUT2D eigenvalue weighted by molar-refractivity contribution is 5.37. The third kappa shape index (κ3) is 3.30. The summed E-state index contributed by atoms with van der Waals surface area (Å²) >= 11 is 0. The molecule has 2 aliphatic heterocycles. The fourth-order valence-electron chi connectivity index (χ4n) is 3.38. The van der Waals surface area contributed by atoms with Crippen molar-refractivity contribution in [2.45, 2.75) is 38.8 Å². The zero-order valence-corrected chi connectivity index (χ0v) is 12.5. The highest BCUT2D eigenvalue weighted by atomic mass is 15.3. The molecule has 1 aromatic rings. The number of fused-ring (bicyclic) bond motifs is 1. The van der Waals surface area contributed by atoms with Gasteiger partial charge in [-0.15, -0.1) is 0 Å². The minimum atomic E-state index is 0.809. The maximum atomic E-state index is 4.39. The molecule has 0 bridgehead atoms. The summed E-state index contributed by atoms with van der Waals surface area (Å²) in [6.07, 6.45) is 5.84. The average molecular weight is 274 g/mol. The second-order valence-corrected chi connectivity index (χ2v) is 6.04. The van der Waals surface area contributed by atoms with Gasteiger partial charge in [0.05, 0.1) is 0 Å². The summed E-state index contributed by atoms with van der Waals surface area (Å²) in [5.74, 6) is 1.02. The van der Waals surface area contributed by atoms with Crippen molar-refractivity contribution in [1.82, 2.24) is 14.8 Å². The molecule has 1 atom stereocenters. The molecule has 3 heterocycles. The van der Waals surface area contributed by atoms with Crippen LogP contribution in [0.3, 0.4) is 0 Å². The number of anilines is 1. The maximum absolute atomic E-state index is 4.39. The molecule has 2 saturated heterocycles. The summed E-state index contributed by atoms with van der Waals surface area (Å²) in [6.45, 7) is 9.24. The highest BCUT2D eigenvalue weighted by Gasteiger charge is 2.30. The number of nitrogens with zero attached hydrogens (tertiary/aromatic N) is 3. The van der Waals surface area contributed by atoms with Crippen LogP contribution in [-0.4, -0.2) is 53.5 Å². The fourth-order valence-corrected chi connectivity index (χ4v) is 3.38. The van der Waals surface area contributed by atoms with E-state index in [1.54, 1.807) is 0 Å². The molecule has 4 nitrogen and oxygen atoms in total. The Morgan fingerprint density at radius 1 is 1.35 bits per heavy atom. The molecular weight excluding hydrogens is 248 g/mol. The van der Waals surface area contributed by atoms with Crippen molar-refractivity contribution >= 4 is 5.82 Å². The third-order valence-electron chi connectivity index (χ3n) is 4.46. The molecule has 1 unspecified atom stereocenters. The van der Waals surface area contributed by atoms with Crippen LogP contribution in [0.15, 0.2) is 18.3 Å². The monoisotopic (exact) mass is 274 g/mol. The van der Waals surface area contributed by atoms with E-state index < -0.39 is 0 Å². The zero-order chi connectivity index (χ0) is 13.8. The molecule has 2 fully saturated rings. The van der Waals surface area contributed by atoms with Gasteiger partial charge in [-0.05, 0) is 43.5 Å². The van der Waals surface area contributed by atoms with E-state index in [-0.39, 0.29) is 0 Å². The maximum Gasteiger partial charge on any atom is 0.126 e. The van der Waals surface area contributed by atoms with Gasteiger partial charge < -0.3 is 5.32 Å². The molecule has 0 radical (unpaired) electrons. The first-order valence-electron chi connectivity index (χ1n) is 8.00. The lowest BCUT2D eigenvalue weighted by Crippen LogP contribution is -2.49. The molecule has 0 aliphatic carbocycles. The summed E-state index contributed by atoms with van der Waals surface area (Å²) in [6, 6.07) is 5.16. The van der Waals surface area contributed by atoms with Gasteiger partial charge in [-0.25, -0.2) is 4.98 Å². The van der Waals surface area contributed by atoms with Crippen LogP contribution in [0, 0.1) is 0 Å². The SMILES string of the molecule is CCCNc1cc(CN2CCN3CCCC3C2)ccn1. The number of piperazine rings is 1. The smallest absolute Gasteiger partial charge is 0.126 e. The molecule has 2 aliphatic rings. The Balaban J connectivity index is 1.57. The Bertz CT molecular complexity index is 434. The van der Waals surface area contributed by atoms with Crippen molar-refractivity contribution in [3.05, 3.63) is 23.9 Å². The molecule has 0 saturated carbocycles. The summed E-state index contributed by atoms with van der Waals surface area (Å²) in [4.78, 5) is 9.65. The van der Waals surface area contributed by atoms with Gasteiger partial charge in [-0.2, -0.15) is 0 Å². The van der Waals surface area contributed by atoms with Crippen LogP contribution in [0.5, 0.6) is 0 Å². The van der Waals surface area contributed by atoms with Crippen LogP contribution < -0.4 is 5.32 Å². The molecule has 3 rings (SSSR count). The molecular formula is C16H26N4. The van der Waals surface area contributed by atoms with Gasteiger partial charge in [0, 0.05) is 45.0 Å².